The normalized spacial score (nSPS) is 26.7. The van der Waals surface area contributed by atoms with E-state index in [1.807, 2.05) is 0 Å². The van der Waals surface area contributed by atoms with Crippen LogP contribution in [0.15, 0.2) is 27.6 Å². The van der Waals surface area contributed by atoms with Crippen molar-refractivity contribution in [2.75, 3.05) is 12.3 Å². The molecule has 0 unspecified atom stereocenters. The monoisotopic (exact) mass is 376 g/mol. The van der Waals surface area contributed by atoms with E-state index in [1.54, 1.807) is 12.1 Å². The second kappa shape index (κ2) is 6.24. The second-order valence-corrected chi connectivity index (χ2v) is 8.42. The minimum atomic E-state index is -3.74. The molecule has 118 valence electrons. The van der Waals surface area contributed by atoms with Crippen molar-refractivity contribution in [3.05, 3.63) is 22.7 Å². The molecule has 0 saturated heterocycles. The molecule has 1 aliphatic rings. The molecule has 1 fully saturated rings. The van der Waals surface area contributed by atoms with Crippen molar-refractivity contribution in [3.63, 3.8) is 0 Å². The molecular formula is C14H21BrN2O3S. The Morgan fingerprint density at radius 2 is 2.05 bits per heavy atom. The van der Waals surface area contributed by atoms with Gasteiger partial charge in [-0.3, -0.25) is 0 Å². The standard InChI is InChI=1S/C14H21BrN2O3S/c1-10-4-6-14(9-18,7-5-10)17-21(19,20)13-8-11(16)2-3-12(13)15/h2-3,8,10,17-18H,4-7,9,16H2,1H3. The zero-order valence-corrected chi connectivity index (χ0v) is 14.4. The van der Waals surface area contributed by atoms with Crippen molar-refractivity contribution in [1.29, 1.82) is 0 Å². The molecule has 1 saturated carbocycles. The third-order valence-electron chi connectivity index (χ3n) is 4.13. The fraction of sp³-hybridized carbons (Fsp3) is 0.571. The summed E-state index contributed by atoms with van der Waals surface area (Å²) in [5.41, 5.74) is 5.29. The molecule has 5 nitrogen and oxygen atoms in total. The Morgan fingerprint density at radius 1 is 1.43 bits per heavy atom. The van der Waals surface area contributed by atoms with E-state index in [1.165, 1.54) is 6.07 Å². The highest BCUT2D eigenvalue weighted by Gasteiger charge is 2.38. The first-order valence-electron chi connectivity index (χ1n) is 6.98. The topological polar surface area (TPSA) is 92.4 Å². The molecule has 0 radical (unpaired) electrons. The van der Waals surface area contributed by atoms with Gasteiger partial charge in [-0.15, -0.1) is 0 Å². The zero-order valence-electron chi connectivity index (χ0n) is 12.0. The summed E-state index contributed by atoms with van der Waals surface area (Å²) in [5.74, 6) is 0.563. The van der Waals surface area contributed by atoms with Gasteiger partial charge >= 0.3 is 0 Å². The van der Waals surface area contributed by atoms with Crippen molar-refractivity contribution in [2.24, 2.45) is 5.92 Å². The molecule has 7 heteroatoms. The van der Waals surface area contributed by atoms with Gasteiger partial charge in [0.2, 0.25) is 10.0 Å². The van der Waals surface area contributed by atoms with Gasteiger partial charge in [0, 0.05) is 10.2 Å². The lowest BCUT2D eigenvalue weighted by Crippen LogP contribution is -2.53. The van der Waals surface area contributed by atoms with Gasteiger partial charge in [0.15, 0.2) is 0 Å². The van der Waals surface area contributed by atoms with Gasteiger partial charge in [-0.25, -0.2) is 13.1 Å². The van der Waals surface area contributed by atoms with Crippen molar-refractivity contribution in [1.82, 2.24) is 4.72 Å². The van der Waals surface area contributed by atoms with Crippen LogP contribution in [0.3, 0.4) is 0 Å². The third kappa shape index (κ3) is 3.77. The van der Waals surface area contributed by atoms with Gasteiger partial charge in [-0.1, -0.05) is 6.92 Å². The molecule has 1 aromatic carbocycles. The number of aliphatic hydroxyl groups is 1. The number of halogens is 1. The van der Waals surface area contributed by atoms with Gasteiger partial charge in [-0.05, 0) is 65.7 Å². The minimum Gasteiger partial charge on any atom is -0.399 e. The Balaban J connectivity index is 2.29. The summed E-state index contributed by atoms with van der Waals surface area (Å²) < 4.78 is 28.4. The van der Waals surface area contributed by atoms with Crippen LogP contribution in [0, 0.1) is 5.92 Å². The first-order chi connectivity index (χ1) is 9.78. The number of sulfonamides is 1. The van der Waals surface area contributed by atoms with Gasteiger partial charge < -0.3 is 10.8 Å². The maximum Gasteiger partial charge on any atom is 0.242 e. The number of nitrogens with one attached hydrogen (secondary N) is 1. The molecule has 4 N–H and O–H groups in total. The largest absolute Gasteiger partial charge is 0.399 e. The predicted octanol–water partition coefficient (Wildman–Crippen LogP) is 2.25. The molecule has 0 aliphatic heterocycles. The summed E-state index contributed by atoms with van der Waals surface area (Å²) in [6.07, 6.45) is 3.09. The molecule has 0 heterocycles. The number of nitrogen functional groups attached to an aromatic ring is 1. The molecule has 0 amide bonds. The number of anilines is 1. The van der Waals surface area contributed by atoms with Crippen LogP contribution in [0.1, 0.15) is 32.6 Å². The van der Waals surface area contributed by atoms with Crippen LogP contribution < -0.4 is 10.5 Å². The van der Waals surface area contributed by atoms with Gasteiger partial charge in [0.05, 0.1) is 17.0 Å². The molecule has 0 bridgehead atoms. The Bertz CT molecular complexity index is 611. The molecule has 1 aromatic rings. The summed E-state index contributed by atoms with van der Waals surface area (Å²) in [4.78, 5) is 0.106. The number of benzene rings is 1. The predicted molar refractivity (Wildman–Crippen MR) is 86.3 cm³/mol. The minimum absolute atomic E-state index is 0.106. The maximum atomic E-state index is 12.6. The zero-order chi connectivity index (χ0) is 15.7. The Hall–Kier alpha value is -0.630. The Labute approximate surface area is 134 Å². The van der Waals surface area contributed by atoms with E-state index >= 15 is 0 Å². The number of aliphatic hydroxyl groups excluding tert-OH is 1. The SMILES string of the molecule is CC1CCC(CO)(NS(=O)(=O)c2cc(N)ccc2Br)CC1. The highest BCUT2D eigenvalue weighted by Crippen LogP contribution is 2.34. The smallest absolute Gasteiger partial charge is 0.242 e. The molecule has 0 aromatic heterocycles. The summed E-state index contributed by atoms with van der Waals surface area (Å²) in [5, 5.41) is 9.70. The summed E-state index contributed by atoms with van der Waals surface area (Å²) >= 11 is 3.24. The quantitative estimate of drug-likeness (QED) is 0.702. The van der Waals surface area contributed by atoms with E-state index in [9.17, 15) is 13.5 Å². The molecule has 1 aliphatic carbocycles. The van der Waals surface area contributed by atoms with Gasteiger partial charge in [0.1, 0.15) is 0 Å². The van der Waals surface area contributed by atoms with Crippen LogP contribution in [0.5, 0.6) is 0 Å². The summed E-state index contributed by atoms with van der Waals surface area (Å²) in [7, 11) is -3.74. The molecular weight excluding hydrogens is 356 g/mol. The van der Waals surface area contributed by atoms with Crippen molar-refractivity contribution in [2.45, 2.75) is 43.0 Å². The highest BCUT2D eigenvalue weighted by molar-refractivity contribution is 9.10. The molecule has 0 atom stereocenters. The number of hydrogen-bond donors (Lipinski definition) is 3. The number of nitrogens with two attached hydrogens (primary N) is 1. The van der Waals surface area contributed by atoms with Crippen molar-refractivity contribution in [3.8, 4) is 0 Å². The molecule has 0 spiro atoms. The fourth-order valence-corrected chi connectivity index (χ4v) is 5.12. The molecule has 21 heavy (non-hydrogen) atoms. The maximum absolute atomic E-state index is 12.6. The fourth-order valence-electron chi connectivity index (χ4n) is 2.67. The van der Waals surface area contributed by atoms with Crippen LogP contribution >= 0.6 is 15.9 Å². The van der Waals surface area contributed by atoms with E-state index in [4.69, 9.17) is 5.73 Å². The third-order valence-corrected chi connectivity index (χ3v) is 6.70. The lowest BCUT2D eigenvalue weighted by molar-refractivity contribution is 0.125. The van der Waals surface area contributed by atoms with E-state index in [0.29, 0.717) is 28.9 Å². The van der Waals surface area contributed by atoms with E-state index in [0.717, 1.165) is 12.8 Å². The van der Waals surface area contributed by atoms with Gasteiger partial charge in [0.25, 0.3) is 0 Å². The first-order valence-corrected chi connectivity index (χ1v) is 9.25. The first kappa shape index (κ1) is 16.7. The number of hydrogen-bond acceptors (Lipinski definition) is 4. The van der Waals surface area contributed by atoms with Gasteiger partial charge in [-0.2, -0.15) is 0 Å². The Morgan fingerprint density at radius 3 is 2.62 bits per heavy atom. The lowest BCUT2D eigenvalue weighted by atomic mass is 9.78. The van der Waals surface area contributed by atoms with E-state index in [-0.39, 0.29) is 11.5 Å². The summed E-state index contributed by atoms with van der Waals surface area (Å²) in [6, 6.07) is 4.66. The molecule has 2 rings (SSSR count). The van der Waals surface area contributed by atoms with Crippen LogP contribution in [0.4, 0.5) is 5.69 Å². The Kier molecular flexibility index (Phi) is 4.97. The lowest BCUT2D eigenvalue weighted by Gasteiger charge is -2.38. The van der Waals surface area contributed by atoms with Crippen molar-refractivity contribution < 1.29 is 13.5 Å². The van der Waals surface area contributed by atoms with E-state index < -0.39 is 15.6 Å². The van der Waals surface area contributed by atoms with Crippen LogP contribution in [0.2, 0.25) is 0 Å². The summed E-state index contributed by atoms with van der Waals surface area (Å²) in [6.45, 7) is 1.95. The average Bonchev–Trinajstić information content (AvgIpc) is 2.44. The van der Waals surface area contributed by atoms with Crippen molar-refractivity contribution >= 4 is 31.6 Å². The van der Waals surface area contributed by atoms with Crippen LogP contribution in [-0.2, 0) is 10.0 Å². The average molecular weight is 377 g/mol. The highest BCUT2D eigenvalue weighted by atomic mass is 79.9. The number of rotatable bonds is 4. The van der Waals surface area contributed by atoms with Crippen LogP contribution in [-0.4, -0.2) is 25.7 Å². The second-order valence-electron chi connectivity index (χ2n) is 5.92. The van der Waals surface area contributed by atoms with Crippen LogP contribution in [0.25, 0.3) is 0 Å². The van der Waals surface area contributed by atoms with E-state index in [2.05, 4.69) is 27.6 Å².